The van der Waals surface area contributed by atoms with Crippen LogP contribution in [0.25, 0.3) is 0 Å². The number of rotatable bonds is 6. The molecule has 0 unspecified atom stereocenters. The zero-order chi connectivity index (χ0) is 17.5. The summed E-state index contributed by atoms with van der Waals surface area (Å²) < 4.78 is 1.31. The van der Waals surface area contributed by atoms with Crippen LogP contribution in [0.4, 0.5) is 5.69 Å². The molecule has 0 saturated heterocycles. The predicted molar refractivity (Wildman–Crippen MR) is 104 cm³/mol. The number of nitrogens with one attached hydrogen (secondary N) is 1. The molecule has 1 amide bonds. The van der Waals surface area contributed by atoms with Crippen LogP contribution >= 0.6 is 0 Å². The van der Waals surface area contributed by atoms with Crippen molar-refractivity contribution >= 4 is 31.0 Å². The van der Waals surface area contributed by atoms with Crippen LogP contribution in [0.15, 0.2) is 84.9 Å². The van der Waals surface area contributed by atoms with Gasteiger partial charge in [0.15, 0.2) is 0 Å². The van der Waals surface area contributed by atoms with E-state index in [0.717, 1.165) is 11.1 Å². The second kappa shape index (κ2) is 8.52. The Hall–Kier alpha value is -2.55. The van der Waals surface area contributed by atoms with E-state index in [1.807, 2.05) is 65.7 Å². The van der Waals surface area contributed by atoms with Crippen molar-refractivity contribution in [3.8, 4) is 0 Å². The van der Waals surface area contributed by atoms with Gasteiger partial charge in [0.25, 0.3) is 0 Å². The standard InChI is InChI=1S/C21H20N2OSe/c1-17-12-14-20(15-13-17)25-16-23(19-10-6-3-7-11-19)22-21(24)18-8-4-2-5-9-18/h2-15H,16H2,1H3,(H,22,24). The number of benzene rings is 3. The number of anilines is 1. The van der Waals surface area contributed by atoms with Gasteiger partial charge in [-0.3, -0.25) is 0 Å². The van der Waals surface area contributed by atoms with Crippen LogP contribution in [-0.4, -0.2) is 26.3 Å². The Balaban J connectivity index is 1.73. The summed E-state index contributed by atoms with van der Waals surface area (Å²) in [6.07, 6.45) is 0. The Bertz CT molecular complexity index is 804. The third-order valence-electron chi connectivity index (χ3n) is 3.72. The van der Waals surface area contributed by atoms with Crippen LogP contribution in [-0.2, 0) is 0 Å². The minimum absolute atomic E-state index is 0.0934. The Morgan fingerprint density at radius 3 is 2.12 bits per heavy atom. The van der Waals surface area contributed by atoms with Crippen molar-refractivity contribution < 1.29 is 4.79 Å². The van der Waals surface area contributed by atoms with Gasteiger partial charge in [-0.05, 0) is 0 Å². The molecule has 3 nitrogen and oxygen atoms in total. The van der Waals surface area contributed by atoms with E-state index in [1.54, 1.807) is 0 Å². The first kappa shape index (κ1) is 17.3. The normalized spacial score (nSPS) is 10.3. The summed E-state index contributed by atoms with van der Waals surface area (Å²) in [7, 11) is 0. The molecule has 0 aromatic heterocycles. The van der Waals surface area contributed by atoms with E-state index in [4.69, 9.17) is 0 Å². The SMILES string of the molecule is Cc1ccc([Se]CN(NC(=O)c2ccccc2)c2ccccc2)cc1. The second-order valence-electron chi connectivity index (χ2n) is 5.66. The Morgan fingerprint density at radius 2 is 1.48 bits per heavy atom. The van der Waals surface area contributed by atoms with E-state index in [0.29, 0.717) is 5.56 Å². The van der Waals surface area contributed by atoms with Gasteiger partial charge in [0.05, 0.1) is 0 Å². The molecule has 0 bridgehead atoms. The molecule has 0 spiro atoms. The number of nitrogens with zero attached hydrogens (tertiary/aromatic N) is 1. The Morgan fingerprint density at radius 1 is 0.880 bits per heavy atom. The zero-order valence-electron chi connectivity index (χ0n) is 14.1. The minimum atomic E-state index is -0.0934. The van der Waals surface area contributed by atoms with Crippen LogP contribution in [0.2, 0.25) is 0 Å². The van der Waals surface area contributed by atoms with Crippen molar-refractivity contribution in [2.24, 2.45) is 0 Å². The fraction of sp³-hybridized carbons (Fsp3) is 0.0952. The van der Waals surface area contributed by atoms with Gasteiger partial charge < -0.3 is 0 Å². The quantitative estimate of drug-likeness (QED) is 0.514. The molecular weight excluding hydrogens is 375 g/mol. The first-order chi connectivity index (χ1) is 12.2. The third-order valence-corrected chi connectivity index (χ3v) is 5.80. The molecule has 25 heavy (non-hydrogen) atoms. The molecule has 0 aliphatic carbocycles. The number of hydrogen-bond acceptors (Lipinski definition) is 2. The number of amides is 1. The van der Waals surface area contributed by atoms with Crippen LogP contribution in [0.3, 0.4) is 0 Å². The topological polar surface area (TPSA) is 32.3 Å². The number of hydrogen-bond donors (Lipinski definition) is 1. The van der Waals surface area contributed by atoms with Crippen LogP contribution in [0.5, 0.6) is 0 Å². The summed E-state index contributed by atoms with van der Waals surface area (Å²) in [4.78, 5) is 12.5. The van der Waals surface area contributed by atoms with E-state index in [1.165, 1.54) is 10.0 Å². The summed E-state index contributed by atoms with van der Waals surface area (Å²) in [6, 6.07) is 27.9. The van der Waals surface area contributed by atoms with Gasteiger partial charge in [-0.2, -0.15) is 0 Å². The van der Waals surface area contributed by atoms with Crippen molar-refractivity contribution in [3.63, 3.8) is 0 Å². The first-order valence-corrected chi connectivity index (χ1v) is 10.2. The summed E-state index contributed by atoms with van der Waals surface area (Å²) in [5.74, 6) is -0.0934. The predicted octanol–water partition coefficient (Wildman–Crippen LogP) is 3.13. The van der Waals surface area contributed by atoms with E-state index in [-0.39, 0.29) is 20.9 Å². The molecule has 0 aliphatic rings. The van der Waals surface area contributed by atoms with Gasteiger partial charge in [-0.15, -0.1) is 0 Å². The van der Waals surface area contributed by atoms with Gasteiger partial charge >= 0.3 is 155 Å². The average Bonchev–Trinajstić information content (AvgIpc) is 2.67. The molecule has 0 heterocycles. The molecule has 4 heteroatoms. The van der Waals surface area contributed by atoms with Crippen LogP contribution in [0, 0.1) is 6.92 Å². The zero-order valence-corrected chi connectivity index (χ0v) is 15.8. The fourth-order valence-electron chi connectivity index (χ4n) is 2.33. The van der Waals surface area contributed by atoms with Gasteiger partial charge in [0.1, 0.15) is 0 Å². The molecule has 3 aromatic rings. The van der Waals surface area contributed by atoms with Crippen LogP contribution < -0.4 is 14.9 Å². The average molecular weight is 395 g/mol. The number of carbonyl (C=O) groups excluding carboxylic acids is 1. The molecule has 3 aromatic carbocycles. The van der Waals surface area contributed by atoms with E-state index >= 15 is 0 Å². The van der Waals surface area contributed by atoms with Crippen molar-refractivity contribution in [2.45, 2.75) is 6.92 Å². The molecular formula is C21H20N2OSe. The van der Waals surface area contributed by atoms with Crippen molar-refractivity contribution in [2.75, 3.05) is 10.5 Å². The molecule has 126 valence electrons. The molecule has 3 rings (SSSR count). The molecule has 0 aliphatic heterocycles. The molecule has 0 fully saturated rings. The number of aryl methyl sites for hydroxylation is 1. The molecule has 1 N–H and O–H groups in total. The van der Waals surface area contributed by atoms with E-state index in [2.05, 4.69) is 36.6 Å². The van der Waals surface area contributed by atoms with Gasteiger partial charge in [0.2, 0.25) is 0 Å². The molecule has 0 atom stereocenters. The first-order valence-electron chi connectivity index (χ1n) is 8.10. The van der Waals surface area contributed by atoms with Gasteiger partial charge in [0, 0.05) is 0 Å². The van der Waals surface area contributed by atoms with Crippen molar-refractivity contribution in [3.05, 3.63) is 96.1 Å². The van der Waals surface area contributed by atoms with Gasteiger partial charge in [-0.1, -0.05) is 0 Å². The van der Waals surface area contributed by atoms with Crippen LogP contribution in [0.1, 0.15) is 15.9 Å². The molecule has 0 saturated carbocycles. The van der Waals surface area contributed by atoms with Crippen molar-refractivity contribution in [1.29, 1.82) is 0 Å². The molecule has 0 radical (unpaired) electrons. The Labute approximate surface area is 154 Å². The van der Waals surface area contributed by atoms with Crippen molar-refractivity contribution in [1.82, 2.24) is 5.43 Å². The fourth-order valence-corrected chi connectivity index (χ4v) is 4.05. The monoisotopic (exact) mass is 396 g/mol. The summed E-state index contributed by atoms with van der Waals surface area (Å²) in [6.45, 7) is 2.09. The van der Waals surface area contributed by atoms with Gasteiger partial charge in [-0.25, -0.2) is 0 Å². The maximum atomic E-state index is 12.5. The number of hydrazine groups is 1. The number of para-hydroxylation sites is 1. The Kier molecular flexibility index (Phi) is 5.89. The summed E-state index contributed by atoms with van der Waals surface area (Å²) >= 11 is 0.230. The van der Waals surface area contributed by atoms with E-state index < -0.39 is 0 Å². The second-order valence-corrected chi connectivity index (χ2v) is 7.79. The maximum absolute atomic E-state index is 12.5. The number of carbonyl (C=O) groups is 1. The third kappa shape index (κ3) is 4.96. The summed E-state index contributed by atoms with van der Waals surface area (Å²) in [5, 5.41) is 1.94. The van der Waals surface area contributed by atoms with E-state index in [9.17, 15) is 4.79 Å². The summed E-state index contributed by atoms with van der Waals surface area (Å²) in [5.41, 5.74) is 6.71.